The lowest BCUT2D eigenvalue weighted by Gasteiger charge is -2.11. The third-order valence-corrected chi connectivity index (χ3v) is 3.55. The normalized spacial score (nSPS) is 16.9. The summed E-state index contributed by atoms with van der Waals surface area (Å²) in [5, 5.41) is 8.93. The van der Waals surface area contributed by atoms with E-state index in [0.717, 1.165) is 17.6 Å². The van der Waals surface area contributed by atoms with Gasteiger partial charge in [0.05, 0.1) is 22.7 Å². The number of rotatable bonds is 2. The van der Waals surface area contributed by atoms with E-state index in [9.17, 15) is 0 Å². The van der Waals surface area contributed by atoms with Gasteiger partial charge in [-0.1, -0.05) is 6.92 Å². The lowest BCUT2D eigenvalue weighted by Crippen LogP contribution is -2.10. The molecule has 0 atom stereocenters. The highest BCUT2D eigenvalue weighted by Crippen LogP contribution is 2.47. The maximum absolute atomic E-state index is 8.93. The van der Waals surface area contributed by atoms with Gasteiger partial charge in [0.25, 0.3) is 0 Å². The summed E-state index contributed by atoms with van der Waals surface area (Å²) >= 11 is 0. The Morgan fingerprint density at radius 3 is 2.94 bits per heavy atom. The van der Waals surface area contributed by atoms with Crippen LogP contribution in [0.15, 0.2) is 18.2 Å². The van der Waals surface area contributed by atoms with Crippen LogP contribution in [-0.2, 0) is 6.54 Å². The number of hydrogen-bond donors (Lipinski definition) is 1. The molecule has 0 spiro atoms. The second-order valence-corrected chi connectivity index (χ2v) is 5.18. The summed E-state index contributed by atoms with van der Waals surface area (Å²) < 4.78 is 2.03. The molecule has 4 nitrogen and oxygen atoms in total. The van der Waals surface area contributed by atoms with Crippen molar-refractivity contribution in [1.82, 2.24) is 9.55 Å². The Labute approximate surface area is 99.7 Å². The molecule has 1 heterocycles. The van der Waals surface area contributed by atoms with Gasteiger partial charge >= 0.3 is 0 Å². The van der Waals surface area contributed by atoms with Gasteiger partial charge in [0.1, 0.15) is 0 Å². The number of nitrogen functional groups attached to an aromatic ring is 1. The molecule has 0 bridgehead atoms. The lowest BCUT2D eigenvalue weighted by atomic mass is 10.1. The summed E-state index contributed by atoms with van der Waals surface area (Å²) in [5.74, 6) is 0.545. The molecule has 17 heavy (non-hydrogen) atoms. The molecule has 1 saturated carbocycles. The fraction of sp³-hybridized carbons (Fsp3) is 0.385. The van der Waals surface area contributed by atoms with Gasteiger partial charge in [-0.3, -0.25) is 0 Å². The van der Waals surface area contributed by atoms with Gasteiger partial charge in [0.15, 0.2) is 0 Å². The zero-order chi connectivity index (χ0) is 12.0. The third kappa shape index (κ3) is 1.64. The largest absolute Gasteiger partial charge is 0.369 e. The number of nitrogens with two attached hydrogens (primary N) is 1. The number of nitrogens with zero attached hydrogens (tertiary/aromatic N) is 3. The minimum Gasteiger partial charge on any atom is -0.369 e. The minimum atomic E-state index is 0.365. The molecule has 1 aromatic heterocycles. The topological polar surface area (TPSA) is 67.6 Å². The summed E-state index contributed by atoms with van der Waals surface area (Å²) in [6.07, 6.45) is 2.48. The third-order valence-electron chi connectivity index (χ3n) is 3.55. The van der Waals surface area contributed by atoms with E-state index in [2.05, 4.69) is 18.0 Å². The van der Waals surface area contributed by atoms with Crippen LogP contribution in [0.25, 0.3) is 11.0 Å². The average Bonchev–Trinajstić information content (AvgIpc) is 2.97. The Balaban J connectivity index is 2.14. The minimum absolute atomic E-state index is 0.365. The summed E-state index contributed by atoms with van der Waals surface area (Å²) in [6, 6.07) is 7.65. The van der Waals surface area contributed by atoms with Crippen LogP contribution in [0.1, 0.15) is 25.3 Å². The van der Waals surface area contributed by atoms with Crippen LogP contribution in [0.3, 0.4) is 0 Å². The Bertz CT molecular complexity index is 629. The molecule has 3 rings (SSSR count). The van der Waals surface area contributed by atoms with Crippen molar-refractivity contribution >= 4 is 17.0 Å². The van der Waals surface area contributed by atoms with Gasteiger partial charge in [0.2, 0.25) is 5.95 Å². The number of aromatic nitrogens is 2. The van der Waals surface area contributed by atoms with Gasteiger partial charge in [-0.2, -0.15) is 5.26 Å². The fourth-order valence-electron chi connectivity index (χ4n) is 2.13. The first-order chi connectivity index (χ1) is 8.11. The molecule has 1 aromatic carbocycles. The van der Waals surface area contributed by atoms with E-state index in [4.69, 9.17) is 11.0 Å². The molecular formula is C13H14N4. The molecule has 1 aliphatic rings. The van der Waals surface area contributed by atoms with Crippen LogP contribution in [0, 0.1) is 16.7 Å². The van der Waals surface area contributed by atoms with Crippen molar-refractivity contribution in [2.45, 2.75) is 26.3 Å². The van der Waals surface area contributed by atoms with E-state index in [1.807, 2.05) is 16.7 Å². The molecular weight excluding hydrogens is 212 g/mol. The number of benzene rings is 1. The van der Waals surface area contributed by atoms with E-state index >= 15 is 0 Å². The Morgan fingerprint density at radius 2 is 2.29 bits per heavy atom. The molecule has 0 aliphatic heterocycles. The smallest absolute Gasteiger partial charge is 0.201 e. The quantitative estimate of drug-likeness (QED) is 0.854. The Morgan fingerprint density at radius 1 is 1.53 bits per heavy atom. The van der Waals surface area contributed by atoms with E-state index < -0.39 is 0 Å². The SMILES string of the molecule is CC1(Cn2c(N)nc3ccc(C#N)cc32)CC1. The molecule has 0 radical (unpaired) electrons. The second kappa shape index (κ2) is 3.24. The summed E-state index contributed by atoms with van der Waals surface area (Å²) in [4.78, 5) is 4.33. The monoisotopic (exact) mass is 226 g/mol. The molecule has 1 aliphatic carbocycles. The van der Waals surface area contributed by atoms with Gasteiger partial charge in [-0.05, 0) is 36.5 Å². The van der Waals surface area contributed by atoms with Gasteiger partial charge in [-0.15, -0.1) is 0 Å². The number of anilines is 1. The summed E-state index contributed by atoms with van der Waals surface area (Å²) in [5.41, 5.74) is 8.80. The molecule has 0 saturated heterocycles. The number of nitriles is 1. The molecule has 2 N–H and O–H groups in total. The van der Waals surface area contributed by atoms with Crippen LogP contribution in [0.5, 0.6) is 0 Å². The van der Waals surface area contributed by atoms with Crippen LogP contribution in [0.2, 0.25) is 0 Å². The van der Waals surface area contributed by atoms with Crippen molar-refractivity contribution in [2.24, 2.45) is 5.41 Å². The number of hydrogen-bond acceptors (Lipinski definition) is 3. The standard InChI is InChI=1S/C13H14N4/c1-13(4-5-13)8-17-11-6-9(7-14)2-3-10(11)16-12(17)15/h2-3,6H,4-5,8H2,1H3,(H2,15,16). The Kier molecular flexibility index (Phi) is 1.93. The molecule has 4 heteroatoms. The van der Waals surface area contributed by atoms with Crippen LogP contribution in [-0.4, -0.2) is 9.55 Å². The first-order valence-corrected chi connectivity index (χ1v) is 5.77. The number of fused-ring (bicyclic) bond motifs is 1. The van der Waals surface area contributed by atoms with Crippen LogP contribution in [0.4, 0.5) is 5.95 Å². The lowest BCUT2D eigenvalue weighted by molar-refractivity contribution is 0.476. The summed E-state index contributed by atoms with van der Waals surface area (Å²) in [7, 11) is 0. The fourth-order valence-corrected chi connectivity index (χ4v) is 2.13. The predicted octanol–water partition coefficient (Wildman–Crippen LogP) is 2.29. The van der Waals surface area contributed by atoms with Crippen LogP contribution < -0.4 is 5.73 Å². The van der Waals surface area contributed by atoms with E-state index in [-0.39, 0.29) is 0 Å². The highest BCUT2D eigenvalue weighted by molar-refractivity contribution is 5.79. The zero-order valence-corrected chi connectivity index (χ0v) is 9.77. The van der Waals surface area contributed by atoms with Crippen molar-refractivity contribution < 1.29 is 0 Å². The molecule has 1 fully saturated rings. The van der Waals surface area contributed by atoms with Gasteiger partial charge in [0, 0.05) is 6.54 Å². The van der Waals surface area contributed by atoms with Crippen molar-refractivity contribution in [1.29, 1.82) is 5.26 Å². The van der Waals surface area contributed by atoms with E-state index in [1.54, 1.807) is 6.07 Å². The van der Waals surface area contributed by atoms with Crippen LogP contribution >= 0.6 is 0 Å². The van der Waals surface area contributed by atoms with Crippen molar-refractivity contribution in [2.75, 3.05) is 5.73 Å². The Hall–Kier alpha value is -2.02. The second-order valence-electron chi connectivity index (χ2n) is 5.18. The van der Waals surface area contributed by atoms with Gasteiger partial charge < -0.3 is 10.3 Å². The maximum Gasteiger partial charge on any atom is 0.201 e. The number of imidazole rings is 1. The highest BCUT2D eigenvalue weighted by Gasteiger charge is 2.38. The van der Waals surface area contributed by atoms with Crippen molar-refractivity contribution in [3.63, 3.8) is 0 Å². The molecule has 2 aromatic rings. The zero-order valence-electron chi connectivity index (χ0n) is 9.77. The van der Waals surface area contributed by atoms with E-state index in [0.29, 0.717) is 16.9 Å². The molecule has 0 amide bonds. The predicted molar refractivity (Wildman–Crippen MR) is 66.2 cm³/mol. The van der Waals surface area contributed by atoms with Crippen molar-refractivity contribution in [3.05, 3.63) is 23.8 Å². The first kappa shape index (κ1) is 10.2. The maximum atomic E-state index is 8.93. The molecule has 0 unspecified atom stereocenters. The van der Waals surface area contributed by atoms with Crippen molar-refractivity contribution in [3.8, 4) is 6.07 Å². The average molecular weight is 226 g/mol. The highest BCUT2D eigenvalue weighted by atomic mass is 15.2. The van der Waals surface area contributed by atoms with Gasteiger partial charge in [-0.25, -0.2) is 4.98 Å². The first-order valence-electron chi connectivity index (χ1n) is 5.77. The molecule has 86 valence electrons. The summed E-state index contributed by atoms with van der Waals surface area (Å²) in [6.45, 7) is 3.15. The van der Waals surface area contributed by atoms with E-state index in [1.165, 1.54) is 12.8 Å².